The van der Waals surface area contributed by atoms with Gasteiger partial charge in [0.15, 0.2) is 5.96 Å². The molecule has 16 N–H and O–H groups in total. The molecule has 21 nitrogen and oxygen atoms in total. The molecule has 306 valence electrons. The molecule has 0 bridgehead atoms. The number of unbranched alkanes of at least 4 members (excludes halogenated alkanes) is 1. The van der Waals surface area contributed by atoms with E-state index in [9.17, 15) is 43.5 Å². The molecule has 1 heterocycles. The Labute approximate surface area is 315 Å². The summed E-state index contributed by atoms with van der Waals surface area (Å²) in [5.41, 5.74) is 21.5. The summed E-state index contributed by atoms with van der Waals surface area (Å²) < 4.78 is 0. The minimum absolute atomic E-state index is 0.117. The average Bonchev–Trinajstić information content (AvgIpc) is 3.64. The van der Waals surface area contributed by atoms with Crippen molar-refractivity contribution in [2.75, 3.05) is 19.6 Å². The van der Waals surface area contributed by atoms with Crippen LogP contribution in [0.1, 0.15) is 85.5 Å². The van der Waals surface area contributed by atoms with Crippen molar-refractivity contribution in [1.29, 1.82) is 0 Å². The van der Waals surface area contributed by atoms with Gasteiger partial charge in [-0.1, -0.05) is 13.8 Å². The van der Waals surface area contributed by atoms with Gasteiger partial charge in [0.2, 0.25) is 41.4 Å². The second-order valence-electron chi connectivity index (χ2n) is 13.6. The number of guanidine groups is 1. The van der Waals surface area contributed by atoms with Crippen LogP contribution in [0.15, 0.2) is 4.99 Å². The number of nitrogens with zero attached hydrogens (tertiary/aromatic N) is 1. The van der Waals surface area contributed by atoms with Crippen molar-refractivity contribution in [2.45, 2.75) is 128 Å². The van der Waals surface area contributed by atoms with E-state index in [2.05, 4.69) is 42.2 Å². The molecule has 0 aromatic heterocycles. The lowest BCUT2D eigenvalue weighted by Gasteiger charge is -2.28. The second kappa shape index (κ2) is 24.3. The predicted octanol–water partition coefficient (Wildman–Crippen LogP) is -4.12. The van der Waals surface area contributed by atoms with E-state index in [4.69, 9.17) is 22.9 Å². The zero-order chi connectivity index (χ0) is 41.0. The fraction of sp³-hybridized carbons (Fsp3) is 0.727. The SMILES string of the molecule is CC(C)[C@H](NC(=O)[C@H](CCCCN)NC(=O)[C@H](CCCN=C(N)N)NC(=O)[C@@H]1CCCN1)C(=O)N[C@@H](C)C(=O)N[C@@H](C)C(=O)N[C@@H](CCC(N)=O)C(=O)O. The number of rotatable bonds is 25. The highest BCUT2D eigenvalue weighted by Crippen LogP contribution is 2.10. The fourth-order valence-electron chi connectivity index (χ4n) is 5.39. The maximum Gasteiger partial charge on any atom is 0.326 e. The van der Waals surface area contributed by atoms with E-state index in [-0.39, 0.29) is 44.1 Å². The first kappa shape index (κ1) is 47.0. The Morgan fingerprint density at radius 2 is 1.26 bits per heavy atom. The minimum Gasteiger partial charge on any atom is -0.480 e. The molecule has 1 rings (SSSR count). The smallest absolute Gasteiger partial charge is 0.326 e. The number of aliphatic imine (C=N–C) groups is 1. The number of hydrogen-bond acceptors (Lipinski definition) is 11. The lowest BCUT2D eigenvalue weighted by Crippen LogP contribution is -2.60. The van der Waals surface area contributed by atoms with Crippen LogP contribution in [0.2, 0.25) is 0 Å². The van der Waals surface area contributed by atoms with Gasteiger partial charge in [-0.2, -0.15) is 0 Å². The lowest BCUT2D eigenvalue weighted by molar-refractivity contribution is -0.142. The van der Waals surface area contributed by atoms with E-state index < -0.39 is 89.6 Å². The van der Waals surface area contributed by atoms with Crippen LogP contribution in [-0.4, -0.2) is 120 Å². The molecule has 0 radical (unpaired) electrons. The second-order valence-corrected chi connectivity index (χ2v) is 13.6. The van der Waals surface area contributed by atoms with Crippen molar-refractivity contribution in [3.8, 4) is 0 Å². The zero-order valence-electron chi connectivity index (χ0n) is 31.6. The van der Waals surface area contributed by atoms with Crippen LogP contribution >= 0.6 is 0 Å². The minimum atomic E-state index is -1.42. The molecule has 21 heteroatoms. The monoisotopic (exact) mass is 768 g/mol. The van der Waals surface area contributed by atoms with Gasteiger partial charge in [0.05, 0.1) is 6.04 Å². The summed E-state index contributed by atoms with van der Waals surface area (Å²) in [4.78, 5) is 105. The first-order valence-electron chi connectivity index (χ1n) is 18.2. The molecule has 0 saturated carbocycles. The van der Waals surface area contributed by atoms with Crippen LogP contribution in [0.25, 0.3) is 0 Å². The number of carbonyl (C=O) groups is 8. The maximum absolute atomic E-state index is 13.7. The van der Waals surface area contributed by atoms with Crippen molar-refractivity contribution in [1.82, 2.24) is 37.2 Å². The highest BCUT2D eigenvalue weighted by Gasteiger charge is 2.33. The number of carboxylic acids is 1. The molecule has 0 unspecified atom stereocenters. The van der Waals surface area contributed by atoms with Crippen molar-refractivity contribution >= 4 is 53.3 Å². The van der Waals surface area contributed by atoms with Crippen molar-refractivity contribution in [2.24, 2.45) is 33.8 Å². The van der Waals surface area contributed by atoms with Crippen LogP contribution in [-0.2, 0) is 38.4 Å². The summed E-state index contributed by atoms with van der Waals surface area (Å²) in [7, 11) is 0. The number of carbonyl (C=O) groups excluding carboxylic acids is 7. The largest absolute Gasteiger partial charge is 0.480 e. The number of nitrogens with two attached hydrogens (primary N) is 4. The molecule has 7 amide bonds. The van der Waals surface area contributed by atoms with Crippen molar-refractivity contribution in [3.05, 3.63) is 0 Å². The van der Waals surface area contributed by atoms with E-state index in [1.165, 1.54) is 13.8 Å². The van der Waals surface area contributed by atoms with Gasteiger partial charge in [0, 0.05) is 13.0 Å². The molecule has 0 spiro atoms. The topological polar surface area (TPSA) is 357 Å². The molecule has 1 saturated heterocycles. The van der Waals surface area contributed by atoms with Crippen LogP contribution in [0.5, 0.6) is 0 Å². The Hall–Kier alpha value is -5.05. The summed E-state index contributed by atoms with van der Waals surface area (Å²) in [5, 5.41) is 27.7. The molecule has 0 aromatic carbocycles. The summed E-state index contributed by atoms with van der Waals surface area (Å²) >= 11 is 0. The summed E-state index contributed by atoms with van der Waals surface area (Å²) in [5.74, 6) is -6.74. The third-order valence-corrected chi connectivity index (χ3v) is 8.58. The number of nitrogens with one attached hydrogen (secondary N) is 7. The third-order valence-electron chi connectivity index (χ3n) is 8.58. The highest BCUT2D eigenvalue weighted by atomic mass is 16.4. The standard InChI is InChI=1S/C33H60N12O9/c1-17(2)25(31(52)41-18(3)26(47)40-19(4)27(48)44-23(32(53)54)12-13-24(35)46)45-30(51)21(9-5-6-14-34)43-29(50)22(11-8-16-39-33(36)37)42-28(49)20-10-7-15-38-20/h17-23,25,38H,5-16,34H2,1-4H3,(H2,35,46)(H,40,47)(H,41,52)(H,42,49)(H,43,50)(H,44,48)(H,45,51)(H,53,54)(H4,36,37,39)/t18-,19-,20-,21-,22-,23-,25-/m0/s1. The van der Waals surface area contributed by atoms with Gasteiger partial charge in [0.25, 0.3) is 0 Å². The average molecular weight is 769 g/mol. The Kier molecular flexibility index (Phi) is 21.1. The van der Waals surface area contributed by atoms with Gasteiger partial charge >= 0.3 is 5.97 Å². The van der Waals surface area contributed by atoms with E-state index in [1.54, 1.807) is 13.8 Å². The molecule has 1 aliphatic heterocycles. The summed E-state index contributed by atoms with van der Waals surface area (Å²) in [6.45, 7) is 7.20. The van der Waals surface area contributed by atoms with Crippen LogP contribution in [0.4, 0.5) is 0 Å². The number of amides is 7. The Morgan fingerprint density at radius 1 is 0.704 bits per heavy atom. The van der Waals surface area contributed by atoms with Crippen LogP contribution in [0.3, 0.4) is 0 Å². The molecule has 0 aliphatic carbocycles. The maximum atomic E-state index is 13.7. The Bertz CT molecular complexity index is 1340. The number of primary amides is 1. The van der Waals surface area contributed by atoms with Crippen LogP contribution < -0.4 is 60.2 Å². The van der Waals surface area contributed by atoms with Gasteiger partial charge in [-0.25, -0.2) is 4.79 Å². The van der Waals surface area contributed by atoms with Crippen molar-refractivity contribution < 1.29 is 43.5 Å². The normalized spacial score (nSPS) is 17.0. The Morgan fingerprint density at radius 3 is 1.80 bits per heavy atom. The molecule has 0 aromatic rings. The predicted molar refractivity (Wildman–Crippen MR) is 198 cm³/mol. The van der Waals surface area contributed by atoms with Crippen molar-refractivity contribution in [3.63, 3.8) is 0 Å². The quantitative estimate of drug-likeness (QED) is 0.0239. The van der Waals surface area contributed by atoms with Gasteiger partial charge in [0.1, 0.15) is 36.3 Å². The third kappa shape index (κ3) is 17.6. The van der Waals surface area contributed by atoms with Gasteiger partial charge in [-0.15, -0.1) is 0 Å². The summed E-state index contributed by atoms with van der Waals surface area (Å²) in [6, 6.07) is -7.59. The Balaban J connectivity index is 3.01. The molecule has 1 aliphatic rings. The van der Waals surface area contributed by atoms with Gasteiger partial charge in [-0.3, -0.25) is 38.6 Å². The molecule has 1 fully saturated rings. The molecular weight excluding hydrogens is 708 g/mol. The van der Waals surface area contributed by atoms with E-state index in [1.807, 2.05) is 0 Å². The molecule has 54 heavy (non-hydrogen) atoms. The molecule has 7 atom stereocenters. The number of hydrogen-bond donors (Lipinski definition) is 12. The van der Waals surface area contributed by atoms with E-state index >= 15 is 0 Å². The lowest BCUT2D eigenvalue weighted by atomic mass is 10.0. The fourth-order valence-corrected chi connectivity index (χ4v) is 5.39. The van der Waals surface area contributed by atoms with Crippen LogP contribution in [0, 0.1) is 5.92 Å². The zero-order valence-corrected chi connectivity index (χ0v) is 31.6. The first-order chi connectivity index (χ1) is 25.4. The van der Waals surface area contributed by atoms with E-state index in [0.29, 0.717) is 38.8 Å². The highest BCUT2D eigenvalue weighted by molar-refractivity contribution is 5.97. The molecular formula is C33H60N12O9. The first-order valence-corrected chi connectivity index (χ1v) is 18.2. The van der Waals surface area contributed by atoms with Gasteiger partial charge in [-0.05, 0) is 84.2 Å². The number of aliphatic carboxylic acids is 1. The number of carboxylic acid groups (broad SMARTS) is 1. The summed E-state index contributed by atoms with van der Waals surface area (Å²) in [6.07, 6.45) is 2.59. The van der Waals surface area contributed by atoms with E-state index in [0.717, 1.165) is 6.42 Å². The van der Waals surface area contributed by atoms with Gasteiger partial charge < -0.3 is 65.3 Å².